The van der Waals surface area contributed by atoms with Gasteiger partial charge in [-0.25, -0.2) is 0 Å². The molecule has 0 aliphatic heterocycles. The minimum atomic E-state index is -6.17. The molecule has 0 heterocycles. The zero-order chi connectivity index (χ0) is 22.1. The van der Waals surface area contributed by atoms with E-state index in [1.54, 1.807) is 0 Å². The molecule has 0 radical (unpaired) electrons. The van der Waals surface area contributed by atoms with E-state index >= 15 is 0 Å². The van der Waals surface area contributed by atoms with Gasteiger partial charge in [-0.15, -0.1) is 0 Å². The summed E-state index contributed by atoms with van der Waals surface area (Å²) in [4.78, 5) is 58.4. The Balaban J connectivity index is 0. The summed E-state index contributed by atoms with van der Waals surface area (Å²) in [5.74, 6) is -8.41. The van der Waals surface area contributed by atoms with Gasteiger partial charge in [0.2, 0.25) is 0 Å². The summed E-state index contributed by atoms with van der Waals surface area (Å²) in [5, 5.41) is 44.1. The van der Waals surface area contributed by atoms with Gasteiger partial charge in [-0.05, 0) is 0 Å². The molecule has 0 bridgehead atoms. The molecule has 0 saturated heterocycles. The van der Waals surface area contributed by atoms with Crippen molar-refractivity contribution in [3.05, 3.63) is 0 Å². The van der Waals surface area contributed by atoms with Gasteiger partial charge in [-0.2, -0.15) is 0 Å². The SMILES string of the molecule is NCCNCC[NH][Mn]([CH2]C(=O)O)([CH2]C(=O)O)([CH2]C(=O)O)([CH2]C(=O)O)[CH2]C(=O)O.[NaH]. The summed E-state index contributed by atoms with van der Waals surface area (Å²) in [6.07, 6.45) is 0. The van der Waals surface area contributed by atoms with E-state index in [2.05, 4.69) is 9.65 Å². The van der Waals surface area contributed by atoms with Crippen molar-refractivity contribution in [2.24, 2.45) is 5.73 Å². The molecule has 13 nitrogen and oxygen atoms in total. The topological polar surface area (TPSA) is 237 Å². The first-order chi connectivity index (χ1) is 12.8. The fourth-order valence-electron chi connectivity index (χ4n) is 3.31. The molecule has 167 valence electrons. The van der Waals surface area contributed by atoms with Crippen LogP contribution in [0.2, 0.25) is 26.6 Å². The fraction of sp³-hybridized carbons (Fsp3) is 0.643. The summed E-state index contributed by atoms with van der Waals surface area (Å²) >= 11 is 0. The molecule has 0 rings (SSSR count). The molecule has 0 aliphatic rings. The first kappa shape index (κ1) is 29.9. The Morgan fingerprint density at radius 3 is 1.17 bits per heavy atom. The molecule has 0 aromatic rings. The Morgan fingerprint density at radius 1 is 0.621 bits per heavy atom. The average molecular weight is 476 g/mol. The van der Waals surface area contributed by atoms with Gasteiger partial charge in [0.15, 0.2) is 0 Å². The first-order valence-electron chi connectivity index (χ1n) is 7.90. The third kappa shape index (κ3) is 8.56. The van der Waals surface area contributed by atoms with E-state index in [1.807, 2.05) is 0 Å². The van der Waals surface area contributed by atoms with Crippen molar-refractivity contribution in [1.82, 2.24) is 9.65 Å². The van der Waals surface area contributed by atoms with Gasteiger partial charge in [0.25, 0.3) is 0 Å². The minimum absolute atomic E-state index is 0. The van der Waals surface area contributed by atoms with Gasteiger partial charge in [0, 0.05) is 0 Å². The first-order valence-corrected chi connectivity index (χ1v) is 12.7. The van der Waals surface area contributed by atoms with E-state index < -0.39 is 67.4 Å². The van der Waals surface area contributed by atoms with E-state index in [4.69, 9.17) is 5.73 Å². The monoisotopic (exact) mass is 476 g/mol. The van der Waals surface area contributed by atoms with E-state index in [1.165, 1.54) is 0 Å². The van der Waals surface area contributed by atoms with Crippen LogP contribution in [0.3, 0.4) is 0 Å². The van der Waals surface area contributed by atoms with Crippen molar-refractivity contribution < 1.29 is 60.5 Å². The van der Waals surface area contributed by atoms with Crippen LogP contribution >= 0.6 is 0 Å². The normalized spacial score (nSPS) is 13.4. The summed E-state index contributed by atoms with van der Waals surface area (Å²) < 4.78 is 2.62. The second-order valence-electron chi connectivity index (χ2n) is 6.62. The van der Waals surface area contributed by atoms with Gasteiger partial charge < -0.3 is 0 Å². The number of hydrogen-bond donors (Lipinski definition) is 8. The van der Waals surface area contributed by atoms with Crippen molar-refractivity contribution in [3.8, 4) is 0 Å². The van der Waals surface area contributed by atoms with Crippen LogP contribution in [0, 0.1) is 0 Å². The van der Waals surface area contributed by atoms with Crippen molar-refractivity contribution in [3.63, 3.8) is 0 Å². The molecule has 0 spiro atoms. The third-order valence-electron chi connectivity index (χ3n) is 3.99. The number of nitrogens with one attached hydrogen (secondary N) is 2. The standard InChI is InChI=1S/C4H12N3.5C2H3O2.Mn.Na.H/c5-1-3-7-4-2-6;5*1-2(3)4;;;/h5,7H,1-4,6H2;5*1H2,(H,3,4);;;/q-1;;;;;;+1;;. The third-order valence-corrected chi connectivity index (χ3v) is 14.5. The predicted molar refractivity (Wildman–Crippen MR) is 99.3 cm³/mol. The van der Waals surface area contributed by atoms with Crippen molar-refractivity contribution >= 4 is 59.4 Å². The van der Waals surface area contributed by atoms with Crippen LogP contribution in [0.15, 0.2) is 0 Å². The predicted octanol–water partition coefficient (Wildman–Crippen LogP) is -1.87. The van der Waals surface area contributed by atoms with E-state index in [0.717, 1.165) is 0 Å². The quantitative estimate of drug-likeness (QED) is 0.0901. The zero-order valence-electron chi connectivity index (χ0n) is 15.1. The number of carbonyl (C=O) groups is 5. The number of aliphatic carboxylic acids is 5. The molecule has 0 fully saturated rings. The molecule has 0 aromatic heterocycles. The van der Waals surface area contributed by atoms with Gasteiger partial charge in [-0.3, -0.25) is 0 Å². The van der Waals surface area contributed by atoms with Crippen molar-refractivity contribution in [2.45, 2.75) is 26.6 Å². The number of carboxylic acid groups (broad SMARTS) is 5. The Labute approximate surface area is 187 Å². The Hall–Kier alpha value is -1.25. The maximum absolute atomic E-state index is 11.7. The second-order valence-corrected chi connectivity index (χ2v) is 17.1. The van der Waals surface area contributed by atoms with Crippen molar-refractivity contribution in [2.75, 3.05) is 26.2 Å². The van der Waals surface area contributed by atoms with Crippen molar-refractivity contribution in [1.29, 1.82) is 0 Å². The van der Waals surface area contributed by atoms with Crippen LogP contribution in [0.4, 0.5) is 0 Å². The van der Waals surface area contributed by atoms with Gasteiger partial charge in [0.1, 0.15) is 0 Å². The van der Waals surface area contributed by atoms with E-state index in [-0.39, 0.29) is 49.2 Å². The summed E-state index contributed by atoms with van der Waals surface area (Å²) in [7, 11) is -6.17. The summed E-state index contributed by atoms with van der Waals surface area (Å²) in [6.45, 7) is 0.401. The number of hydrogen-bond acceptors (Lipinski definition) is 8. The molecule has 0 aliphatic carbocycles. The maximum atomic E-state index is 11.7. The number of nitrogens with two attached hydrogens (primary N) is 1. The molecule has 0 saturated carbocycles. The van der Waals surface area contributed by atoms with Crippen LogP contribution in [-0.4, -0.2) is 111 Å². The second kappa shape index (κ2) is 11.2. The summed E-state index contributed by atoms with van der Waals surface area (Å²) in [6, 6.07) is 0. The number of carboxylic acids is 5. The van der Waals surface area contributed by atoms with Crippen LogP contribution < -0.4 is 15.4 Å². The average Bonchev–Trinajstić information content (AvgIpc) is 2.42. The number of rotatable bonds is 16. The molecular weight excluding hydrogens is 448 g/mol. The molecular formula is C14H28MnN3NaO10. The molecule has 0 atom stereocenters. The van der Waals surface area contributed by atoms with E-state index in [9.17, 15) is 49.5 Å². The molecule has 0 unspecified atom stereocenters. The van der Waals surface area contributed by atoms with Crippen LogP contribution in [0.5, 0.6) is 0 Å². The molecule has 0 aromatic carbocycles. The fourth-order valence-corrected chi connectivity index (χ4v) is 12.7. The van der Waals surface area contributed by atoms with Gasteiger partial charge in [-0.1, -0.05) is 0 Å². The van der Waals surface area contributed by atoms with Gasteiger partial charge in [0.05, 0.1) is 0 Å². The van der Waals surface area contributed by atoms with E-state index in [0.29, 0.717) is 6.54 Å². The summed E-state index contributed by atoms with van der Waals surface area (Å²) in [5.41, 5.74) is 5.32. The van der Waals surface area contributed by atoms with Gasteiger partial charge >= 0.3 is 188 Å². The Kier molecular flexibility index (Phi) is 11.6. The van der Waals surface area contributed by atoms with Crippen LogP contribution in [-0.2, 0) is 34.9 Å². The molecule has 15 heteroatoms. The molecule has 29 heavy (non-hydrogen) atoms. The Bertz CT molecular complexity index is 554. The molecule has 0 amide bonds. The van der Waals surface area contributed by atoms with Crippen LogP contribution in [0.25, 0.3) is 0 Å². The van der Waals surface area contributed by atoms with Crippen LogP contribution in [0.1, 0.15) is 0 Å². The Morgan fingerprint density at radius 2 is 0.931 bits per heavy atom. The molecule has 9 N–H and O–H groups in total. The zero-order valence-corrected chi connectivity index (χ0v) is 16.3.